The first kappa shape index (κ1) is 12.9. The van der Waals surface area contributed by atoms with Gasteiger partial charge in [0.2, 0.25) is 0 Å². The van der Waals surface area contributed by atoms with Crippen molar-refractivity contribution < 1.29 is 0 Å². The Labute approximate surface area is 98.9 Å². The summed E-state index contributed by atoms with van der Waals surface area (Å²) in [4.78, 5) is 0. The van der Waals surface area contributed by atoms with Crippen LogP contribution in [0.3, 0.4) is 0 Å². The first-order chi connectivity index (χ1) is 7.03. The third-order valence-electron chi connectivity index (χ3n) is 2.79. The van der Waals surface area contributed by atoms with Crippen molar-refractivity contribution >= 4 is 11.9 Å². The van der Waals surface area contributed by atoms with Crippen molar-refractivity contribution in [3.63, 3.8) is 0 Å². The van der Waals surface area contributed by atoms with E-state index in [1.165, 1.54) is 32.1 Å². The lowest BCUT2D eigenvalue weighted by Crippen LogP contribution is -2.34. The monoisotopic (exact) mass is 225 g/mol. The summed E-state index contributed by atoms with van der Waals surface area (Å²) in [5, 5.41) is 0. The molecule has 86 valence electrons. The van der Waals surface area contributed by atoms with Gasteiger partial charge in [0.05, 0.1) is 6.04 Å². The second-order valence-electron chi connectivity index (χ2n) is 5.37. The molecule has 0 saturated heterocycles. The summed E-state index contributed by atoms with van der Waals surface area (Å²) in [6, 6.07) is 0.259. The van der Waals surface area contributed by atoms with Gasteiger partial charge >= 0.3 is 0 Å². The molecule has 0 heterocycles. The van der Waals surface area contributed by atoms with E-state index in [1.54, 1.807) is 11.9 Å². The van der Waals surface area contributed by atoms with Gasteiger partial charge in [0, 0.05) is 4.75 Å². The third-order valence-corrected chi connectivity index (χ3v) is 3.78. The van der Waals surface area contributed by atoms with Crippen LogP contribution in [0.4, 0.5) is 0 Å². The highest BCUT2D eigenvalue weighted by molar-refractivity contribution is 7.98. The molecule has 1 saturated carbocycles. The van der Waals surface area contributed by atoms with E-state index in [4.69, 9.17) is 6.42 Å². The third kappa shape index (κ3) is 4.95. The molecule has 1 N–H and O–H groups in total. The standard InChI is InChI=1S/C13H23NS/c1-5-12(14-15-13(2,3)4)11-9-7-6-8-10-11/h1,11-12,14H,6-10H2,2-4H3. The van der Waals surface area contributed by atoms with Crippen LogP contribution in [0.2, 0.25) is 0 Å². The van der Waals surface area contributed by atoms with E-state index in [9.17, 15) is 0 Å². The van der Waals surface area contributed by atoms with Gasteiger partial charge in [-0.15, -0.1) is 6.42 Å². The lowest BCUT2D eigenvalue weighted by molar-refractivity contribution is 0.328. The van der Waals surface area contributed by atoms with Crippen LogP contribution in [0.15, 0.2) is 0 Å². The minimum atomic E-state index is 0.240. The van der Waals surface area contributed by atoms with Gasteiger partial charge in [0.25, 0.3) is 0 Å². The summed E-state index contributed by atoms with van der Waals surface area (Å²) >= 11 is 1.77. The molecule has 1 unspecified atom stereocenters. The van der Waals surface area contributed by atoms with Crippen molar-refractivity contribution in [1.29, 1.82) is 0 Å². The molecule has 2 heteroatoms. The van der Waals surface area contributed by atoms with Crippen molar-refractivity contribution in [1.82, 2.24) is 4.72 Å². The maximum absolute atomic E-state index is 5.61. The van der Waals surface area contributed by atoms with E-state index in [2.05, 4.69) is 31.4 Å². The summed E-state index contributed by atoms with van der Waals surface area (Å²) in [5.41, 5.74) is 0. The minimum absolute atomic E-state index is 0.240. The Hall–Kier alpha value is -0.130. The molecular formula is C13H23NS. The van der Waals surface area contributed by atoms with E-state index in [-0.39, 0.29) is 10.8 Å². The highest BCUT2D eigenvalue weighted by Crippen LogP contribution is 2.29. The summed E-state index contributed by atoms with van der Waals surface area (Å²) in [6.45, 7) is 6.62. The Balaban J connectivity index is 2.38. The zero-order valence-electron chi connectivity index (χ0n) is 10.2. The number of hydrogen-bond acceptors (Lipinski definition) is 2. The van der Waals surface area contributed by atoms with Crippen LogP contribution >= 0.6 is 11.9 Å². The lowest BCUT2D eigenvalue weighted by Gasteiger charge is -2.29. The molecule has 1 atom stereocenters. The largest absolute Gasteiger partial charge is 0.249 e. The highest BCUT2D eigenvalue weighted by atomic mass is 32.2. The molecule has 1 aliphatic carbocycles. The summed E-state index contributed by atoms with van der Waals surface area (Å²) in [7, 11) is 0. The van der Waals surface area contributed by atoms with Crippen LogP contribution in [0.25, 0.3) is 0 Å². The van der Waals surface area contributed by atoms with Crippen LogP contribution < -0.4 is 4.72 Å². The van der Waals surface area contributed by atoms with Crippen LogP contribution in [-0.4, -0.2) is 10.8 Å². The highest BCUT2D eigenvalue weighted by Gasteiger charge is 2.23. The predicted molar refractivity (Wildman–Crippen MR) is 69.7 cm³/mol. The zero-order chi connectivity index (χ0) is 11.3. The maximum atomic E-state index is 5.61. The molecule has 0 aliphatic heterocycles. The maximum Gasteiger partial charge on any atom is 0.0807 e. The molecule has 0 aromatic heterocycles. The number of nitrogens with one attached hydrogen (secondary N) is 1. The molecule has 15 heavy (non-hydrogen) atoms. The van der Waals surface area contributed by atoms with Gasteiger partial charge in [-0.05, 0) is 39.5 Å². The van der Waals surface area contributed by atoms with Crippen molar-refractivity contribution in [2.45, 2.75) is 63.7 Å². The Morgan fingerprint density at radius 3 is 2.33 bits per heavy atom. The second kappa shape index (κ2) is 5.82. The fraction of sp³-hybridized carbons (Fsp3) is 0.846. The molecule has 0 amide bonds. The molecule has 1 nitrogen and oxygen atoms in total. The average molecular weight is 225 g/mol. The van der Waals surface area contributed by atoms with Gasteiger partial charge in [-0.1, -0.05) is 37.1 Å². The Morgan fingerprint density at radius 2 is 1.87 bits per heavy atom. The first-order valence-corrected chi connectivity index (χ1v) is 6.74. The lowest BCUT2D eigenvalue weighted by atomic mass is 9.84. The van der Waals surface area contributed by atoms with E-state index >= 15 is 0 Å². The molecule has 0 spiro atoms. The topological polar surface area (TPSA) is 12.0 Å². The minimum Gasteiger partial charge on any atom is -0.249 e. The molecule has 0 aromatic rings. The molecule has 0 aromatic carbocycles. The van der Waals surface area contributed by atoms with Crippen molar-refractivity contribution in [2.24, 2.45) is 5.92 Å². The van der Waals surface area contributed by atoms with Gasteiger partial charge in [0.15, 0.2) is 0 Å². The SMILES string of the molecule is C#CC(NSC(C)(C)C)C1CCCCC1. The fourth-order valence-corrected chi connectivity index (χ4v) is 2.72. The normalized spacial score (nSPS) is 20.9. The quantitative estimate of drug-likeness (QED) is 0.582. The summed E-state index contributed by atoms with van der Waals surface area (Å²) < 4.78 is 3.70. The molecule has 1 rings (SSSR count). The Bertz CT molecular complexity index is 218. The van der Waals surface area contributed by atoms with Gasteiger partial charge in [-0.3, -0.25) is 0 Å². The second-order valence-corrected chi connectivity index (χ2v) is 7.04. The van der Waals surface area contributed by atoms with E-state index in [1.807, 2.05) is 0 Å². The van der Waals surface area contributed by atoms with Crippen LogP contribution in [0, 0.1) is 18.3 Å². The molecule has 0 bridgehead atoms. The van der Waals surface area contributed by atoms with Gasteiger partial charge in [-0.2, -0.15) is 0 Å². The summed E-state index contributed by atoms with van der Waals surface area (Å²) in [5.74, 6) is 3.61. The molecule has 1 fully saturated rings. The molecule has 1 aliphatic rings. The first-order valence-electron chi connectivity index (χ1n) is 5.92. The van der Waals surface area contributed by atoms with Crippen LogP contribution in [-0.2, 0) is 0 Å². The van der Waals surface area contributed by atoms with Crippen molar-refractivity contribution in [3.05, 3.63) is 0 Å². The predicted octanol–water partition coefficient (Wildman–Crippen LogP) is 3.60. The molecular weight excluding hydrogens is 202 g/mol. The zero-order valence-corrected chi connectivity index (χ0v) is 11.0. The van der Waals surface area contributed by atoms with Crippen LogP contribution in [0.5, 0.6) is 0 Å². The number of terminal acetylenes is 1. The van der Waals surface area contributed by atoms with E-state index in [0.717, 1.165) is 0 Å². The number of rotatable bonds is 3. The molecule has 0 radical (unpaired) electrons. The van der Waals surface area contributed by atoms with Gasteiger partial charge in [0.1, 0.15) is 0 Å². The van der Waals surface area contributed by atoms with Crippen molar-refractivity contribution in [2.75, 3.05) is 0 Å². The van der Waals surface area contributed by atoms with Crippen LogP contribution in [0.1, 0.15) is 52.9 Å². The Kier molecular flexibility index (Phi) is 5.02. The van der Waals surface area contributed by atoms with E-state index < -0.39 is 0 Å². The number of hydrogen-bond donors (Lipinski definition) is 1. The van der Waals surface area contributed by atoms with E-state index in [0.29, 0.717) is 5.92 Å². The smallest absolute Gasteiger partial charge is 0.0807 e. The summed E-state index contributed by atoms with van der Waals surface area (Å²) in [6.07, 6.45) is 12.3. The van der Waals surface area contributed by atoms with Gasteiger partial charge < -0.3 is 0 Å². The average Bonchev–Trinajstić information content (AvgIpc) is 2.19. The van der Waals surface area contributed by atoms with Crippen molar-refractivity contribution in [3.8, 4) is 12.3 Å². The van der Waals surface area contributed by atoms with Gasteiger partial charge in [-0.25, -0.2) is 4.72 Å². The Morgan fingerprint density at radius 1 is 1.27 bits per heavy atom. The fourth-order valence-electron chi connectivity index (χ4n) is 1.97.